The summed E-state index contributed by atoms with van der Waals surface area (Å²) in [6.45, 7) is 24.3. The lowest BCUT2D eigenvalue weighted by molar-refractivity contribution is -0.0736. The van der Waals surface area contributed by atoms with E-state index in [4.69, 9.17) is 75.0 Å². The smallest absolute Gasteiger partial charge is 0.254 e. The number of nitrogens with zero attached hydrogens (tertiary/aromatic N) is 8. The van der Waals surface area contributed by atoms with Gasteiger partial charge in [-0.15, -0.1) is 0 Å². The van der Waals surface area contributed by atoms with Gasteiger partial charge >= 0.3 is 0 Å². The van der Waals surface area contributed by atoms with E-state index in [1.165, 1.54) is 0 Å². The van der Waals surface area contributed by atoms with Gasteiger partial charge in [-0.05, 0) is 157 Å². The van der Waals surface area contributed by atoms with Crippen LogP contribution < -0.4 is 67.1 Å². The largest absolute Gasteiger partial charge is 0.383 e. The number of rotatable bonds is 24. The molecule has 20 N–H and O–H groups in total. The van der Waals surface area contributed by atoms with E-state index in [1.807, 2.05) is 232 Å². The third-order valence-electron chi connectivity index (χ3n) is 24.3. The van der Waals surface area contributed by atoms with Crippen LogP contribution in [0.4, 0.5) is 23.3 Å². The van der Waals surface area contributed by atoms with Gasteiger partial charge in [-0.25, -0.2) is 18.7 Å². The summed E-state index contributed by atoms with van der Waals surface area (Å²) in [7, 11) is 0. The Hall–Kier alpha value is -14.6. The van der Waals surface area contributed by atoms with Gasteiger partial charge in [-0.3, -0.25) is 38.4 Å². The number of nitrogens with two attached hydrogens (primary N) is 8. The third kappa shape index (κ3) is 21.9. The number of benzene rings is 8. The standard InChI is InChI=1S/C27H33N5O3.2C25H29N5O3.C23H25N5O3/c1-16-8-6-7-9-19(16)25(34)30-15-17-10-12-18(13-11-17)22-21(24(29)33)23(28)32(31-22)20-14-26(2,3)35-27(20,4)5;1-15-5-3-4-6-19(15)25(32)28-13-17-7-9-18(10-8-17)22-21(24(27)31)23(26)30(29-22)20-11-12-33-14-16(20)2;1-15-5-3-4-6-20(15)25(32)28-14-17-7-9-18(10-8-17)22-21(24(27)31)23(26)30(29-22)19-11-12-33-16(2)13-19;1-14-4-2-3-5-18(14)23(30)26-12-15-6-8-16(9-7-15)20-19(22(25)29)21(24)28(27-20)17-10-11-31-13-17/h6-13,20H,14-15,28H2,1-5H3,(H2,29,33)(H,30,34);3-10,16,20H,11-14,26H2,1-2H3,(H2,27,31)(H,28,32);3-10,16,19H,11-14,26H2,1-2H3,(H2,27,31)(H,28,32);2-9,17H,10-13,24H2,1H3,(H2,25,29)(H,26,30). The molecular weight excluding hydrogens is 1670 g/mol. The van der Waals surface area contributed by atoms with Crippen LogP contribution in [0, 0.1) is 33.6 Å². The highest BCUT2D eigenvalue weighted by atomic mass is 16.5. The van der Waals surface area contributed by atoms with Gasteiger partial charge in [-0.1, -0.05) is 177 Å². The zero-order valence-corrected chi connectivity index (χ0v) is 75.9. The Morgan fingerprint density at radius 1 is 0.379 bits per heavy atom. The number of nitrogen functional groups attached to an aromatic ring is 4. The minimum Gasteiger partial charge on any atom is -0.383 e. The number of aromatic nitrogens is 8. The van der Waals surface area contributed by atoms with Crippen LogP contribution in [0.5, 0.6) is 0 Å². The lowest BCUT2D eigenvalue weighted by atomic mass is 9.94. The maximum atomic E-state index is 12.5. The molecule has 0 saturated carbocycles. The molecule has 0 spiro atoms. The molecule has 132 heavy (non-hydrogen) atoms. The Bertz CT molecular complexity index is 6230. The molecule has 12 aromatic rings. The van der Waals surface area contributed by atoms with Gasteiger partial charge in [0.2, 0.25) is 0 Å². The number of aryl methyl sites for hydroxylation is 4. The van der Waals surface area contributed by atoms with Crippen molar-refractivity contribution in [3.63, 3.8) is 0 Å². The molecular formula is C100H116N20O12. The predicted molar refractivity (Wildman–Crippen MR) is 506 cm³/mol. The molecule has 6 unspecified atom stereocenters. The quantitative estimate of drug-likeness (QED) is 0.0267. The van der Waals surface area contributed by atoms with Crippen LogP contribution >= 0.6 is 0 Å². The van der Waals surface area contributed by atoms with Crippen molar-refractivity contribution in [1.82, 2.24) is 60.4 Å². The average molecular weight is 1790 g/mol. The van der Waals surface area contributed by atoms with E-state index < -0.39 is 29.2 Å². The lowest BCUT2D eigenvalue weighted by Crippen LogP contribution is -2.32. The molecule has 0 radical (unpaired) electrons. The Kier molecular flexibility index (Phi) is 29.8. The van der Waals surface area contributed by atoms with Crippen LogP contribution in [-0.4, -0.2) is 137 Å². The number of amides is 8. The molecule has 32 nitrogen and oxygen atoms in total. The molecule has 0 bridgehead atoms. The summed E-state index contributed by atoms with van der Waals surface area (Å²) in [5.74, 6) is -1.68. The first-order valence-electron chi connectivity index (χ1n) is 44.0. The summed E-state index contributed by atoms with van der Waals surface area (Å²) in [5.41, 5.74) is 62.6. The van der Waals surface area contributed by atoms with Gasteiger partial charge in [-0.2, -0.15) is 20.4 Å². The Labute approximate surface area is 766 Å². The normalized spacial score (nSPS) is 17.6. The molecule has 6 atom stereocenters. The fourth-order valence-electron chi connectivity index (χ4n) is 17.2. The van der Waals surface area contributed by atoms with E-state index in [-0.39, 0.29) is 111 Å². The number of hydrogen-bond donors (Lipinski definition) is 12. The predicted octanol–water partition coefficient (Wildman–Crippen LogP) is 12.7. The minimum atomic E-state index is -0.630. The molecule has 4 aromatic heterocycles. The molecule has 16 rings (SSSR count). The van der Waals surface area contributed by atoms with Crippen LogP contribution in [0.1, 0.15) is 225 Å². The average Bonchev–Trinajstić information content (AvgIpc) is 1.59. The second-order valence-electron chi connectivity index (χ2n) is 34.9. The monoisotopic (exact) mass is 1790 g/mol. The number of anilines is 4. The first kappa shape index (κ1) is 95.0. The summed E-state index contributed by atoms with van der Waals surface area (Å²) in [5, 5.41) is 30.4. The SMILES string of the molecule is Cc1ccccc1C(=O)NCc1ccc(-c2nn(C3CC(C)(C)OC3(C)C)c(N)c2C(N)=O)cc1.Cc1ccccc1C(=O)NCc1ccc(-c2nn(C3CCOC(C)C3)c(N)c2C(N)=O)cc1.Cc1ccccc1C(=O)NCc1ccc(-c2nn(C3CCOC3)c(N)c2C(N)=O)cc1.Cc1ccccc1C(=O)NCc1ccc(-c2nn(C3CCOCC3C)c(N)c2C(N)=O)cc1. The van der Waals surface area contributed by atoms with Crippen LogP contribution in [-0.2, 0) is 45.1 Å². The lowest BCUT2D eigenvalue weighted by Gasteiger charge is -2.29. The molecule has 688 valence electrons. The summed E-state index contributed by atoms with van der Waals surface area (Å²) in [4.78, 5) is 98.7. The fourth-order valence-corrected chi connectivity index (χ4v) is 17.2. The number of primary amides is 4. The molecule has 4 fully saturated rings. The maximum absolute atomic E-state index is 12.5. The fraction of sp³-hybridized carbons (Fsp3) is 0.320. The number of carbonyl (C=O) groups excluding carboxylic acids is 8. The van der Waals surface area contributed by atoms with E-state index in [2.05, 4.69) is 38.4 Å². The topological polar surface area (TPSA) is 501 Å². The van der Waals surface area contributed by atoms with Gasteiger partial charge in [0.25, 0.3) is 47.3 Å². The minimum absolute atomic E-state index is 0.0113. The molecule has 4 aliphatic heterocycles. The second kappa shape index (κ2) is 41.4. The Balaban J connectivity index is 0.000000150. The van der Waals surface area contributed by atoms with Crippen LogP contribution in [0.3, 0.4) is 0 Å². The number of hydrogen-bond acceptors (Lipinski definition) is 20. The zero-order chi connectivity index (χ0) is 94.6. The first-order valence-corrected chi connectivity index (χ1v) is 44.0. The molecule has 4 aliphatic rings. The van der Waals surface area contributed by atoms with Gasteiger partial charge in [0.1, 0.15) is 68.3 Å². The van der Waals surface area contributed by atoms with Crippen molar-refractivity contribution < 1.29 is 57.3 Å². The zero-order valence-electron chi connectivity index (χ0n) is 75.9. The molecule has 8 aromatic carbocycles. The van der Waals surface area contributed by atoms with E-state index in [0.717, 1.165) is 86.9 Å². The van der Waals surface area contributed by atoms with Crippen LogP contribution in [0.2, 0.25) is 0 Å². The maximum Gasteiger partial charge on any atom is 0.254 e. The summed E-state index contributed by atoms with van der Waals surface area (Å²) in [6, 6.07) is 59.7. The van der Waals surface area contributed by atoms with E-state index in [1.54, 1.807) is 43.0 Å². The van der Waals surface area contributed by atoms with Crippen molar-refractivity contribution >= 4 is 70.5 Å². The number of ether oxygens (including phenoxy) is 4. The molecule has 8 heterocycles. The van der Waals surface area contributed by atoms with Gasteiger partial charge in [0.15, 0.2) is 0 Å². The second-order valence-corrected chi connectivity index (χ2v) is 34.9. The number of nitrogens with one attached hydrogen (secondary N) is 4. The van der Waals surface area contributed by atoms with E-state index in [0.29, 0.717) is 116 Å². The van der Waals surface area contributed by atoms with E-state index in [9.17, 15) is 38.4 Å². The highest BCUT2D eigenvalue weighted by Crippen LogP contribution is 2.47. The van der Waals surface area contributed by atoms with Gasteiger partial charge in [0, 0.05) is 103 Å². The molecule has 4 saturated heterocycles. The van der Waals surface area contributed by atoms with Crippen LogP contribution in [0.15, 0.2) is 194 Å². The van der Waals surface area contributed by atoms with Gasteiger partial charge < -0.3 is 86.1 Å². The summed E-state index contributed by atoms with van der Waals surface area (Å²) < 4.78 is 29.5. The number of carbonyl (C=O) groups is 8. The van der Waals surface area contributed by atoms with Crippen molar-refractivity contribution in [2.45, 2.75) is 169 Å². The van der Waals surface area contributed by atoms with Crippen molar-refractivity contribution in [1.29, 1.82) is 0 Å². The Morgan fingerprint density at radius 3 is 0.977 bits per heavy atom. The van der Waals surface area contributed by atoms with Gasteiger partial charge in [0.05, 0.1) is 54.7 Å². The molecule has 8 amide bonds. The molecule has 0 aliphatic carbocycles. The highest BCUT2D eigenvalue weighted by molar-refractivity contribution is 6.06. The third-order valence-corrected chi connectivity index (χ3v) is 24.3. The molecule has 32 heteroatoms. The highest BCUT2D eigenvalue weighted by Gasteiger charge is 2.49. The van der Waals surface area contributed by atoms with Crippen molar-refractivity contribution in [2.24, 2.45) is 28.9 Å². The van der Waals surface area contributed by atoms with Crippen LogP contribution in [0.25, 0.3) is 45.0 Å². The van der Waals surface area contributed by atoms with Crippen molar-refractivity contribution in [2.75, 3.05) is 56.0 Å². The van der Waals surface area contributed by atoms with Crippen molar-refractivity contribution in [3.8, 4) is 45.0 Å². The Morgan fingerprint density at radius 2 is 0.674 bits per heavy atom. The first-order chi connectivity index (χ1) is 63.1. The summed E-state index contributed by atoms with van der Waals surface area (Å²) in [6.07, 6.45) is 3.88. The van der Waals surface area contributed by atoms with Crippen molar-refractivity contribution in [3.05, 3.63) is 283 Å². The van der Waals surface area contributed by atoms with E-state index >= 15 is 0 Å². The summed E-state index contributed by atoms with van der Waals surface area (Å²) >= 11 is 0.